The van der Waals surface area contributed by atoms with E-state index in [1.54, 1.807) is 0 Å². The molecule has 1 amide bonds. The van der Waals surface area contributed by atoms with Gasteiger partial charge in [-0.3, -0.25) is 9.59 Å². The Hall–Kier alpha value is -1.98. The average molecular weight is 285 g/mol. The van der Waals surface area contributed by atoms with Gasteiger partial charge in [-0.25, -0.2) is 8.78 Å². The number of halogens is 2. The summed E-state index contributed by atoms with van der Waals surface area (Å²) in [5, 5.41) is 11.3. The highest BCUT2D eigenvalue weighted by molar-refractivity contribution is 5.79. The molecule has 20 heavy (non-hydrogen) atoms. The molecule has 2 N–H and O–H groups in total. The molecule has 0 radical (unpaired) electrons. The number of carbonyl (C=O) groups is 2. The summed E-state index contributed by atoms with van der Waals surface area (Å²) < 4.78 is 26.4. The second-order valence-corrected chi connectivity index (χ2v) is 4.54. The van der Waals surface area contributed by atoms with Crippen molar-refractivity contribution in [3.8, 4) is 0 Å². The molecule has 110 valence electrons. The topological polar surface area (TPSA) is 66.4 Å². The number of carboxylic acids is 1. The van der Waals surface area contributed by atoms with Crippen LogP contribution in [0.4, 0.5) is 8.78 Å². The normalized spacial score (nSPS) is 11.9. The molecule has 0 heterocycles. The summed E-state index contributed by atoms with van der Waals surface area (Å²) in [6.45, 7) is 1.87. The van der Waals surface area contributed by atoms with Gasteiger partial charge >= 0.3 is 5.97 Å². The minimum absolute atomic E-state index is 0.0481. The molecule has 0 saturated carbocycles. The summed E-state index contributed by atoms with van der Waals surface area (Å²) in [6, 6.07) is 3.12. The van der Waals surface area contributed by atoms with Crippen LogP contribution in [-0.2, 0) is 16.0 Å². The zero-order valence-electron chi connectivity index (χ0n) is 11.2. The van der Waals surface area contributed by atoms with Crippen molar-refractivity contribution in [3.05, 3.63) is 35.4 Å². The van der Waals surface area contributed by atoms with Crippen molar-refractivity contribution < 1.29 is 23.5 Å². The SMILES string of the molecule is CCC[C@@H](CC(=O)O)NC(=O)Cc1cccc(F)c1F. The molecule has 6 heteroatoms. The molecule has 0 fully saturated rings. The number of amides is 1. The lowest BCUT2D eigenvalue weighted by Gasteiger charge is -2.16. The second kappa shape index (κ2) is 7.57. The maximum atomic E-state index is 13.4. The maximum absolute atomic E-state index is 13.4. The standard InChI is InChI=1S/C14H17F2NO3/c1-2-4-10(8-13(19)20)17-12(18)7-9-5-3-6-11(15)14(9)16/h3,5-6,10H,2,4,7-8H2,1H3,(H,17,18)(H,19,20)/t10-/m0/s1. The predicted octanol–water partition coefficient (Wildman–Crippen LogP) is 2.27. The van der Waals surface area contributed by atoms with Gasteiger partial charge in [0.15, 0.2) is 11.6 Å². The summed E-state index contributed by atoms with van der Waals surface area (Å²) in [5.41, 5.74) is -0.0481. The summed E-state index contributed by atoms with van der Waals surface area (Å²) in [6.07, 6.45) is 0.727. The van der Waals surface area contributed by atoms with E-state index in [4.69, 9.17) is 5.11 Å². The lowest BCUT2D eigenvalue weighted by Crippen LogP contribution is -2.37. The molecular formula is C14H17F2NO3. The highest BCUT2D eigenvalue weighted by Gasteiger charge is 2.17. The van der Waals surface area contributed by atoms with Crippen molar-refractivity contribution >= 4 is 11.9 Å². The van der Waals surface area contributed by atoms with Crippen LogP contribution < -0.4 is 5.32 Å². The maximum Gasteiger partial charge on any atom is 0.305 e. The Morgan fingerprint density at radius 1 is 1.35 bits per heavy atom. The van der Waals surface area contributed by atoms with Crippen molar-refractivity contribution in [3.63, 3.8) is 0 Å². The van der Waals surface area contributed by atoms with E-state index in [9.17, 15) is 18.4 Å². The molecule has 0 aromatic heterocycles. The third-order valence-corrected chi connectivity index (χ3v) is 2.81. The predicted molar refractivity (Wildman–Crippen MR) is 69.2 cm³/mol. The van der Waals surface area contributed by atoms with Crippen LogP contribution in [0.1, 0.15) is 31.7 Å². The first-order valence-corrected chi connectivity index (χ1v) is 6.38. The number of nitrogens with one attached hydrogen (secondary N) is 1. The minimum Gasteiger partial charge on any atom is -0.481 e. The van der Waals surface area contributed by atoms with E-state index < -0.39 is 29.6 Å². The average Bonchev–Trinajstić information content (AvgIpc) is 2.34. The summed E-state index contributed by atoms with van der Waals surface area (Å²) >= 11 is 0. The molecule has 0 aliphatic carbocycles. The Balaban J connectivity index is 2.65. The van der Waals surface area contributed by atoms with Gasteiger partial charge in [0.05, 0.1) is 12.8 Å². The third-order valence-electron chi connectivity index (χ3n) is 2.81. The highest BCUT2D eigenvalue weighted by Crippen LogP contribution is 2.12. The van der Waals surface area contributed by atoms with E-state index in [0.717, 1.165) is 6.07 Å². The van der Waals surface area contributed by atoms with Gasteiger partial charge in [0.25, 0.3) is 0 Å². The second-order valence-electron chi connectivity index (χ2n) is 4.54. The zero-order chi connectivity index (χ0) is 15.1. The van der Waals surface area contributed by atoms with E-state index >= 15 is 0 Å². The van der Waals surface area contributed by atoms with Crippen molar-refractivity contribution in [2.45, 2.75) is 38.6 Å². The number of carbonyl (C=O) groups excluding carboxylic acids is 1. The Kier molecular flexibility index (Phi) is 6.09. The van der Waals surface area contributed by atoms with E-state index in [-0.39, 0.29) is 18.4 Å². The molecule has 1 atom stereocenters. The van der Waals surface area contributed by atoms with E-state index in [1.807, 2.05) is 6.92 Å². The van der Waals surface area contributed by atoms with Gasteiger partial charge in [-0.05, 0) is 12.5 Å². The first kappa shape index (κ1) is 16.1. The summed E-state index contributed by atoms with van der Waals surface area (Å²) in [7, 11) is 0. The van der Waals surface area contributed by atoms with Gasteiger partial charge < -0.3 is 10.4 Å². The van der Waals surface area contributed by atoms with Crippen LogP contribution in [0.3, 0.4) is 0 Å². The molecule has 0 spiro atoms. The van der Waals surface area contributed by atoms with Crippen molar-refractivity contribution in [2.75, 3.05) is 0 Å². The van der Waals surface area contributed by atoms with Crippen molar-refractivity contribution in [1.82, 2.24) is 5.32 Å². The minimum atomic E-state index is -1.05. The van der Waals surface area contributed by atoms with Gasteiger partial charge in [-0.1, -0.05) is 25.5 Å². The van der Waals surface area contributed by atoms with Gasteiger partial charge in [0, 0.05) is 11.6 Å². The molecule has 0 unspecified atom stereocenters. The monoisotopic (exact) mass is 285 g/mol. The number of hydrogen-bond acceptors (Lipinski definition) is 2. The molecule has 0 bridgehead atoms. The molecule has 0 aliphatic rings. The van der Waals surface area contributed by atoms with E-state index in [2.05, 4.69) is 5.32 Å². The Labute approximate surface area is 115 Å². The number of benzene rings is 1. The summed E-state index contributed by atoms with van der Waals surface area (Å²) in [4.78, 5) is 22.4. The van der Waals surface area contributed by atoms with Gasteiger partial charge in [-0.15, -0.1) is 0 Å². The van der Waals surface area contributed by atoms with Crippen LogP contribution in [0.25, 0.3) is 0 Å². The fourth-order valence-corrected chi connectivity index (χ4v) is 1.92. The smallest absolute Gasteiger partial charge is 0.305 e. The fourth-order valence-electron chi connectivity index (χ4n) is 1.92. The number of rotatable bonds is 7. The molecule has 4 nitrogen and oxygen atoms in total. The van der Waals surface area contributed by atoms with Crippen LogP contribution in [0.2, 0.25) is 0 Å². The largest absolute Gasteiger partial charge is 0.481 e. The number of aliphatic carboxylic acids is 1. The van der Waals surface area contributed by atoms with Gasteiger partial charge in [-0.2, -0.15) is 0 Å². The number of carboxylic acid groups (broad SMARTS) is 1. The quantitative estimate of drug-likeness (QED) is 0.807. The number of hydrogen-bond donors (Lipinski definition) is 2. The van der Waals surface area contributed by atoms with Crippen LogP contribution in [-0.4, -0.2) is 23.0 Å². The molecule has 0 aliphatic heterocycles. The van der Waals surface area contributed by atoms with Crippen LogP contribution in [0, 0.1) is 11.6 Å². The lowest BCUT2D eigenvalue weighted by atomic mass is 10.1. The van der Waals surface area contributed by atoms with Crippen molar-refractivity contribution in [1.29, 1.82) is 0 Å². The molecule has 1 aromatic rings. The Bertz CT molecular complexity index is 491. The Morgan fingerprint density at radius 3 is 2.65 bits per heavy atom. The first-order chi connectivity index (χ1) is 9.43. The van der Waals surface area contributed by atoms with Gasteiger partial charge in [0.1, 0.15) is 0 Å². The van der Waals surface area contributed by atoms with Crippen molar-refractivity contribution in [2.24, 2.45) is 0 Å². The zero-order valence-corrected chi connectivity index (χ0v) is 11.2. The van der Waals surface area contributed by atoms with Crippen LogP contribution >= 0.6 is 0 Å². The molecule has 0 saturated heterocycles. The van der Waals surface area contributed by atoms with E-state index in [0.29, 0.717) is 12.8 Å². The molecule has 1 aromatic carbocycles. The lowest BCUT2D eigenvalue weighted by molar-refractivity contribution is -0.137. The third kappa shape index (κ3) is 4.95. The fraction of sp³-hybridized carbons (Fsp3) is 0.429. The van der Waals surface area contributed by atoms with Gasteiger partial charge in [0.2, 0.25) is 5.91 Å². The molecular weight excluding hydrogens is 268 g/mol. The van der Waals surface area contributed by atoms with Crippen LogP contribution in [0.5, 0.6) is 0 Å². The molecule has 1 rings (SSSR count). The van der Waals surface area contributed by atoms with Crippen LogP contribution in [0.15, 0.2) is 18.2 Å². The Morgan fingerprint density at radius 2 is 2.05 bits per heavy atom. The first-order valence-electron chi connectivity index (χ1n) is 6.38. The highest BCUT2D eigenvalue weighted by atomic mass is 19.2. The summed E-state index contributed by atoms with van der Waals surface area (Å²) in [5.74, 6) is -3.59. The van der Waals surface area contributed by atoms with E-state index in [1.165, 1.54) is 12.1 Å².